The summed E-state index contributed by atoms with van der Waals surface area (Å²) in [6.07, 6.45) is -0.0382. The predicted molar refractivity (Wildman–Crippen MR) is 114 cm³/mol. The summed E-state index contributed by atoms with van der Waals surface area (Å²) in [5.41, 5.74) is 0.969. The molecule has 0 saturated carbocycles. The average Bonchev–Trinajstić information content (AvgIpc) is 2.73. The van der Waals surface area contributed by atoms with Crippen molar-refractivity contribution in [2.45, 2.75) is 13.0 Å². The van der Waals surface area contributed by atoms with Crippen LogP contribution in [0.15, 0.2) is 78.9 Å². The Kier molecular flexibility index (Phi) is 7.44. The number of hydrogen-bond donors (Lipinski definition) is 1. The van der Waals surface area contributed by atoms with Gasteiger partial charge in [0.2, 0.25) is 0 Å². The van der Waals surface area contributed by atoms with Crippen LogP contribution in [0.2, 0.25) is 5.02 Å². The van der Waals surface area contributed by atoms with E-state index in [4.69, 9.17) is 25.8 Å². The Labute approximate surface area is 171 Å². The first-order chi connectivity index (χ1) is 13.7. The van der Waals surface area contributed by atoms with Gasteiger partial charge in [0.15, 0.2) is 0 Å². The molecule has 1 atom stereocenters. The van der Waals surface area contributed by atoms with Crippen LogP contribution in [0.3, 0.4) is 0 Å². The van der Waals surface area contributed by atoms with Gasteiger partial charge in [0.25, 0.3) is 0 Å². The first-order valence-corrected chi connectivity index (χ1v) is 9.64. The highest BCUT2D eigenvalue weighted by atomic mass is 35.5. The molecule has 0 radical (unpaired) electrons. The van der Waals surface area contributed by atoms with E-state index in [9.17, 15) is 0 Å². The molecular formula is C23H24ClNO3. The molecule has 1 N–H and O–H groups in total. The van der Waals surface area contributed by atoms with Crippen LogP contribution in [0.5, 0.6) is 17.2 Å². The topological polar surface area (TPSA) is 39.7 Å². The molecule has 0 aliphatic carbocycles. The predicted octanol–water partition coefficient (Wildman–Crippen LogP) is 5.68. The Bertz CT molecular complexity index is 857. The molecule has 3 aromatic rings. The van der Waals surface area contributed by atoms with Gasteiger partial charge in [-0.15, -0.1) is 0 Å². The highest BCUT2D eigenvalue weighted by Gasteiger charge is 2.07. The minimum Gasteiger partial charge on any atom is -0.490 e. The van der Waals surface area contributed by atoms with Crippen molar-refractivity contribution in [3.8, 4) is 17.2 Å². The van der Waals surface area contributed by atoms with Crippen molar-refractivity contribution in [1.29, 1.82) is 0 Å². The molecule has 0 heterocycles. The molecule has 5 heteroatoms. The molecule has 0 spiro atoms. The lowest BCUT2D eigenvalue weighted by molar-refractivity contribution is 0.217. The molecule has 0 saturated heterocycles. The van der Waals surface area contributed by atoms with Crippen LogP contribution in [-0.4, -0.2) is 25.9 Å². The van der Waals surface area contributed by atoms with E-state index < -0.39 is 0 Å². The molecule has 0 amide bonds. The van der Waals surface area contributed by atoms with Gasteiger partial charge in [0.05, 0.1) is 11.6 Å². The second-order valence-electron chi connectivity index (χ2n) is 6.28. The maximum absolute atomic E-state index is 6.13. The average molecular weight is 398 g/mol. The molecule has 0 aromatic heterocycles. The minimum absolute atomic E-state index is 0.0382. The monoisotopic (exact) mass is 397 g/mol. The zero-order valence-corrected chi connectivity index (χ0v) is 16.6. The Hall–Kier alpha value is -2.85. The third-order valence-electron chi connectivity index (χ3n) is 3.96. The third-order valence-corrected chi connectivity index (χ3v) is 4.27. The molecule has 3 aromatic carbocycles. The molecule has 4 nitrogen and oxygen atoms in total. The number of nitrogens with one attached hydrogen (secondary N) is 1. The van der Waals surface area contributed by atoms with E-state index in [-0.39, 0.29) is 6.10 Å². The van der Waals surface area contributed by atoms with Crippen LogP contribution < -0.4 is 19.5 Å². The normalized spacial score (nSPS) is 11.5. The van der Waals surface area contributed by atoms with Crippen molar-refractivity contribution in [2.24, 2.45) is 0 Å². The van der Waals surface area contributed by atoms with E-state index >= 15 is 0 Å². The van der Waals surface area contributed by atoms with Gasteiger partial charge in [0.1, 0.15) is 36.6 Å². The van der Waals surface area contributed by atoms with Crippen LogP contribution in [0, 0.1) is 0 Å². The summed E-state index contributed by atoms with van der Waals surface area (Å²) in [6.45, 7) is 3.61. The number of anilines is 1. The Balaban J connectivity index is 1.42. The maximum atomic E-state index is 6.13. The summed E-state index contributed by atoms with van der Waals surface area (Å²) < 4.78 is 17.3. The zero-order chi connectivity index (χ0) is 19.6. The second kappa shape index (κ2) is 10.5. The van der Waals surface area contributed by atoms with Gasteiger partial charge >= 0.3 is 0 Å². The fraction of sp³-hybridized carbons (Fsp3) is 0.217. The number of para-hydroxylation sites is 2. The van der Waals surface area contributed by atoms with Crippen molar-refractivity contribution in [1.82, 2.24) is 0 Å². The molecule has 1 unspecified atom stereocenters. The molecule has 0 bridgehead atoms. The van der Waals surface area contributed by atoms with Gasteiger partial charge in [-0.2, -0.15) is 0 Å². The van der Waals surface area contributed by atoms with Gasteiger partial charge in [-0.05, 0) is 43.3 Å². The van der Waals surface area contributed by atoms with Gasteiger partial charge in [-0.25, -0.2) is 0 Å². The lowest BCUT2D eigenvalue weighted by atomic mass is 10.3. The number of halogens is 1. The van der Waals surface area contributed by atoms with E-state index in [0.29, 0.717) is 30.5 Å². The SMILES string of the molecule is CC(CNc1cccc(OCCOc2ccccc2)c1)Oc1ccccc1Cl. The summed E-state index contributed by atoms with van der Waals surface area (Å²) in [5.74, 6) is 2.32. The van der Waals surface area contributed by atoms with Gasteiger partial charge in [-0.1, -0.05) is 48.0 Å². The van der Waals surface area contributed by atoms with Gasteiger partial charge < -0.3 is 19.5 Å². The molecule has 28 heavy (non-hydrogen) atoms. The first-order valence-electron chi connectivity index (χ1n) is 9.26. The highest BCUT2D eigenvalue weighted by Crippen LogP contribution is 2.24. The number of hydrogen-bond acceptors (Lipinski definition) is 4. The van der Waals surface area contributed by atoms with Gasteiger partial charge in [-0.3, -0.25) is 0 Å². The van der Waals surface area contributed by atoms with Crippen molar-refractivity contribution >= 4 is 17.3 Å². The van der Waals surface area contributed by atoms with Crippen molar-refractivity contribution in [3.05, 3.63) is 83.9 Å². The van der Waals surface area contributed by atoms with Crippen LogP contribution in [-0.2, 0) is 0 Å². The van der Waals surface area contributed by atoms with E-state index in [1.165, 1.54) is 0 Å². The van der Waals surface area contributed by atoms with E-state index in [0.717, 1.165) is 17.2 Å². The largest absolute Gasteiger partial charge is 0.490 e. The molecule has 0 aliphatic rings. The molecule has 3 rings (SSSR count). The van der Waals surface area contributed by atoms with Crippen LogP contribution in [0.25, 0.3) is 0 Å². The number of benzene rings is 3. The van der Waals surface area contributed by atoms with Crippen LogP contribution >= 0.6 is 11.6 Å². The van der Waals surface area contributed by atoms with E-state index in [1.807, 2.05) is 85.8 Å². The zero-order valence-electron chi connectivity index (χ0n) is 15.8. The smallest absolute Gasteiger partial charge is 0.138 e. The van der Waals surface area contributed by atoms with Crippen molar-refractivity contribution in [2.75, 3.05) is 25.1 Å². The fourth-order valence-electron chi connectivity index (χ4n) is 2.59. The summed E-state index contributed by atoms with van der Waals surface area (Å²) in [6, 6.07) is 25.0. The summed E-state index contributed by atoms with van der Waals surface area (Å²) in [4.78, 5) is 0. The van der Waals surface area contributed by atoms with Gasteiger partial charge in [0, 0.05) is 11.8 Å². The van der Waals surface area contributed by atoms with E-state index in [2.05, 4.69) is 5.32 Å². The lowest BCUT2D eigenvalue weighted by Crippen LogP contribution is -2.22. The second-order valence-corrected chi connectivity index (χ2v) is 6.68. The van der Waals surface area contributed by atoms with Crippen LogP contribution in [0.4, 0.5) is 5.69 Å². The number of rotatable bonds is 10. The van der Waals surface area contributed by atoms with E-state index in [1.54, 1.807) is 0 Å². The standard InChI is InChI=1S/C23H24ClNO3/c1-18(28-23-13-6-5-12-22(23)24)17-25-19-8-7-11-21(16-19)27-15-14-26-20-9-3-2-4-10-20/h2-13,16,18,25H,14-15,17H2,1H3. The Morgan fingerprint density at radius 3 is 2.29 bits per heavy atom. The summed E-state index contributed by atoms with van der Waals surface area (Å²) >= 11 is 6.13. The lowest BCUT2D eigenvalue weighted by Gasteiger charge is -2.17. The minimum atomic E-state index is -0.0382. The van der Waals surface area contributed by atoms with Crippen molar-refractivity contribution < 1.29 is 14.2 Å². The third kappa shape index (κ3) is 6.39. The highest BCUT2D eigenvalue weighted by molar-refractivity contribution is 6.32. The molecule has 0 aliphatic heterocycles. The quantitative estimate of drug-likeness (QED) is 0.447. The Morgan fingerprint density at radius 2 is 1.50 bits per heavy atom. The Morgan fingerprint density at radius 1 is 0.821 bits per heavy atom. The van der Waals surface area contributed by atoms with Crippen molar-refractivity contribution in [3.63, 3.8) is 0 Å². The molecule has 146 valence electrons. The molecular weight excluding hydrogens is 374 g/mol. The van der Waals surface area contributed by atoms with Crippen LogP contribution in [0.1, 0.15) is 6.92 Å². The maximum Gasteiger partial charge on any atom is 0.138 e. The first kappa shape index (κ1) is 19.9. The fourth-order valence-corrected chi connectivity index (χ4v) is 2.77. The summed E-state index contributed by atoms with van der Waals surface area (Å²) in [7, 11) is 0. The molecule has 0 fully saturated rings. The number of ether oxygens (including phenoxy) is 3. The summed E-state index contributed by atoms with van der Waals surface area (Å²) in [5, 5.41) is 3.97.